The zero-order chi connectivity index (χ0) is 11.5. The molecule has 0 bridgehead atoms. The highest BCUT2D eigenvalue weighted by atomic mass is 32.2. The fourth-order valence-electron chi connectivity index (χ4n) is 0.995. The molecule has 15 heavy (non-hydrogen) atoms. The predicted octanol–water partition coefficient (Wildman–Crippen LogP) is 2.06. The first-order chi connectivity index (χ1) is 7.20. The summed E-state index contributed by atoms with van der Waals surface area (Å²) in [6, 6.07) is 0. The molecule has 0 heterocycles. The number of thioether (sulfide) groups is 1. The van der Waals surface area contributed by atoms with Crippen molar-refractivity contribution in [2.45, 2.75) is 38.4 Å². The number of ether oxygens (including phenoxy) is 1. The molecule has 0 aliphatic carbocycles. The number of hydrogen-bond acceptors (Lipinski definition) is 4. The maximum atomic E-state index is 11.1. The van der Waals surface area contributed by atoms with E-state index in [0.717, 1.165) is 25.8 Å². The van der Waals surface area contributed by atoms with Crippen molar-refractivity contribution in [3.63, 3.8) is 0 Å². The van der Waals surface area contributed by atoms with E-state index in [9.17, 15) is 4.79 Å². The van der Waals surface area contributed by atoms with Crippen molar-refractivity contribution in [3.05, 3.63) is 0 Å². The summed E-state index contributed by atoms with van der Waals surface area (Å²) in [5.74, 6) is -0.139. The number of unbranched alkanes of at least 4 members (excludes halogenated alkanes) is 1. The second-order valence-corrected chi connectivity index (χ2v) is 4.86. The molecule has 0 aromatic rings. The van der Waals surface area contributed by atoms with Crippen LogP contribution >= 0.6 is 11.8 Å². The van der Waals surface area contributed by atoms with Gasteiger partial charge < -0.3 is 10.1 Å². The Kier molecular flexibility index (Phi) is 10.2. The molecule has 1 atom stereocenters. The van der Waals surface area contributed by atoms with Crippen LogP contribution in [0, 0.1) is 0 Å². The molecule has 0 spiro atoms. The van der Waals surface area contributed by atoms with Gasteiger partial charge in [-0.25, -0.2) is 0 Å². The highest BCUT2D eigenvalue weighted by Crippen LogP contribution is 2.07. The molecule has 1 N–H and O–H groups in total. The lowest BCUT2D eigenvalue weighted by Crippen LogP contribution is -2.27. The smallest absolute Gasteiger partial charge is 0.319 e. The van der Waals surface area contributed by atoms with Gasteiger partial charge in [0.2, 0.25) is 0 Å². The van der Waals surface area contributed by atoms with Crippen molar-refractivity contribution < 1.29 is 9.53 Å². The van der Waals surface area contributed by atoms with Gasteiger partial charge in [-0.05, 0) is 25.6 Å². The Bertz CT molecular complexity index is 165. The molecule has 4 heteroatoms. The van der Waals surface area contributed by atoms with Crippen molar-refractivity contribution in [2.75, 3.05) is 26.0 Å². The largest absolute Gasteiger partial charge is 0.465 e. The normalized spacial score (nSPS) is 12.5. The monoisotopic (exact) mass is 233 g/mol. The summed E-state index contributed by atoms with van der Waals surface area (Å²) in [5.41, 5.74) is 0. The molecule has 0 aliphatic rings. The number of hydrogen-bond donors (Lipinski definition) is 1. The van der Waals surface area contributed by atoms with E-state index in [1.165, 1.54) is 0 Å². The average molecular weight is 233 g/mol. The van der Waals surface area contributed by atoms with Crippen molar-refractivity contribution in [1.82, 2.24) is 5.32 Å². The van der Waals surface area contributed by atoms with Gasteiger partial charge in [0, 0.05) is 5.25 Å². The van der Waals surface area contributed by atoms with Crippen LogP contribution in [-0.4, -0.2) is 37.2 Å². The number of carbonyl (C=O) groups excluding carboxylic acids is 1. The van der Waals surface area contributed by atoms with Crippen molar-refractivity contribution in [2.24, 2.45) is 0 Å². The molecule has 0 saturated carbocycles. The van der Waals surface area contributed by atoms with Crippen LogP contribution in [-0.2, 0) is 9.53 Å². The minimum absolute atomic E-state index is 0.139. The molecule has 0 rings (SSSR count). The molecule has 1 unspecified atom stereocenters. The predicted molar refractivity (Wildman–Crippen MR) is 66.3 cm³/mol. The average Bonchev–Trinajstić information content (AvgIpc) is 2.24. The van der Waals surface area contributed by atoms with E-state index in [0.29, 0.717) is 18.4 Å². The van der Waals surface area contributed by atoms with Gasteiger partial charge in [0.25, 0.3) is 0 Å². The van der Waals surface area contributed by atoms with Gasteiger partial charge in [-0.15, -0.1) is 0 Å². The summed E-state index contributed by atoms with van der Waals surface area (Å²) in [6.07, 6.45) is 5.20. The summed E-state index contributed by atoms with van der Waals surface area (Å²) < 4.78 is 5.01. The van der Waals surface area contributed by atoms with Crippen LogP contribution in [0.25, 0.3) is 0 Å². The highest BCUT2D eigenvalue weighted by Gasteiger charge is 2.02. The number of esters is 1. The van der Waals surface area contributed by atoms with E-state index in [1.807, 2.05) is 11.8 Å². The van der Waals surface area contributed by atoms with Gasteiger partial charge in [0.05, 0.1) is 13.2 Å². The van der Waals surface area contributed by atoms with Crippen LogP contribution in [0.15, 0.2) is 0 Å². The summed E-state index contributed by atoms with van der Waals surface area (Å²) >= 11 is 1.84. The Morgan fingerprint density at radius 1 is 1.53 bits per heavy atom. The molecule has 0 aromatic heterocycles. The Morgan fingerprint density at radius 3 is 2.87 bits per heavy atom. The lowest BCUT2D eigenvalue weighted by molar-refractivity contribution is -0.142. The quantitative estimate of drug-likeness (QED) is 0.489. The van der Waals surface area contributed by atoms with Gasteiger partial charge in [0.15, 0.2) is 0 Å². The van der Waals surface area contributed by atoms with Crippen molar-refractivity contribution in [3.8, 4) is 0 Å². The molecular formula is C11H23NO2S. The lowest BCUT2D eigenvalue weighted by Gasteiger charge is -2.08. The van der Waals surface area contributed by atoms with Gasteiger partial charge in [-0.1, -0.05) is 20.3 Å². The van der Waals surface area contributed by atoms with Crippen LogP contribution in [0.5, 0.6) is 0 Å². The van der Waals surface area contributed by atoms with Crippen LogP contribution in [0.1, 0.15) is 33.1 Å². The van der Waals surface area contributed by atoms with E-state index in [2.05, 4.69) is 25.4 Å². The molecule has 90 valence electrons. The van der Waals surface area contributed by atoms with E-state index in [1.54, 1.807) is 0 Å². The van der Waals surface area contributed by atoms with Crippen LogP contribution in [0.4, 0.5) is 0 Å². The molecule has 0 radical (unpaired) electrons. The Balaban J connectivity index is 3.23. The summed E-state index contributed by atoms with van der Waals surface area (Å²) in [4.78, 5) is 11.1. The summed E-state index contributed by atoms with van der Waals surface area (Å²) in [7, 11) is 0. The zero-order valence-electron chi connectivity index (χ0n) is 10.0. The Labute approximate surface area is 97.3 Å². The lowest BCUT2D eigenvalue weighted by atomic mass is 10.3. The minimum Gasteiger partial charge on any atom is -0.465 e. The molecule has 0 saturated heterocycles. The zero-order valence-corrected chi connectivity index (χ0v) is 10.9. The Morgan fingerprint density at radius 2 is 2.27 bits per heavy atom. The molecule has 0 aliphatic heterocycles. The maximum absolute atomic E-state index is 11.1. The Hall–Kier alpha value is -0.220. The molecule has 3 nitrogen and oxygen atoms in total. The van der Waals surface area contributed by atoms with E-state index in [4.69, 9.17) is 4.74 Å². The third-order valence-electron chi connectivity index (χ3n) is 2.16. The van der Waals surface area contributed by atoms with E-state index < -0.39 is 0 Å². The molecule has 0 aromatic carbocycles. The number of carbonyl (C=O) groups is 1. The van der Waals surface area contributed by atoms with Crippen LogP contribution in [0.2, 0.25) is 0 Å². The second kappa shape index (κ2) is 10.3. The van der Waals surface area contributed by atoms with Gasteiger partial charge in [0.1, 0.15) is 0 Å². The topological polar surface area (TPSA) is 38.3 Å². The molecular weight excluding hydrogens is 210 g/mol. The van der Waals surface area contributed by atoms with E-state index in [-0.39, 0.29) is 5.97 Å². The maximum Gasteiger partial charge on any atom is 0.319 e. The van der Waals surface area contributed by atoms with E-state index >= 15 is 0 Å². The minimum atomic E-state index is -0.139. The molecule has 0 fully saturated rings. The first kappa shape index (κ1) is 14.8. The third kappa shape index (κ3) is 10.1. The van der Waals surface area contributed by atoms with Crippen LogP contribution < -0.4 is 5.32 Å². The number of rotatable bonds is 9. The standard InChI is InChI=1S/C11H23NO2S/c1-4-5-8-14-11(13)9-12-7-6-10(2)15-3/h10,12H,4-9H2,1-3H3. The first-order valence-corrected chi connectivity index (χ1v) is 6.88. The van der Waals surface area contributed by atoms with Gasteiger partial charge in [-0.3, -0.25) is 4.79 Å². The summed E-state index contributed by atoms with van der Waals surface area (Å²) in [6.45, 7) is 6.04. The highest BCUT2D eigenvalue weighted by molar-refractivity contribution is 7.99. The first-order valence-electron chi connectivity index (χ1n) is 5.59. The number of nitrogens with one attached hydrogen (secondary N) is 1. The van der Waals surface area contributed by atoms with Crippen LogP contribution in [0.3, 0.4) is 0 Å². The fourth-order valence-corrected chi connectivity index (χ4v) is 1.35. The summed E-state index contributed by atoms with van der Waals surface area (Å²) in [5, 5.41) is 3.74. The fraction of sp³-hybridized carbons (Fsp3) is 0.909. The van der Waals surface area contributed by atoms with Gasteiger partial charge >= 0.3 is 5.97 Å². The van der Waals surface area contributed by atoms with Gasteiger partial charge in [-0.2, -0.15) is 11.8 Å². The van der Waals surface area contributed by atoms with Crippen molar-refractivity contribution in [1.29, 1.82) is 0 Å². The van der Waals surface area contributed by atoms with Crippen molar-refractivity contribution >= 4 is 17.7 Å². The third-order valence-corrected chi connectivity index (χ3v) is 3.20. The molecule has 0 amide bonds. The SMILES string of the molecule is CCCCOC(=O)CNCCC(C)SC. The second-order valence-electron chi connectivity index (χ2n) is 3.59.